The maximum Gasteiger partial charge on any atom is 0.246 e. The molecule has 1 aliphatic heterocycles. The van der Waals surface area contributed by atoms with Crippen LogP contribution in [0.3, 0.4) is 0 Å². The molecular weight excluding hydrogens is 385 g/mol. The fraction of sp³-hybridized carbons (Fsp3) is 0.391. The van der Waals surface area contributed by atoms with Gasteiger partial charge in [-0.3, -0.25) is 4.79 Å². The molecule has 2 N–H and O–H groups in total. The number of amides is 1. The number of nitrogens with zero attached hydrogens (tertiary/aromatic N) is 2. The maximum absolute atomic E-state index is 14.5. The van der Waals surface area contributed by atoms with Crippen molar-refractivity contribution in [3.8, 4) is 0 Å². The third-order valence-corrected chi connectivity index (χ3v) is 5.60. The highest BCUT2D eigenvalue weighted by Gasteiger charge is 2.37. The number of hydrogen-bond donors (Lipinski definition) is 2. The van der Waals surface area contributed by atoms with E-state index in [0.29, 0.717) is 17.7 Å². The Morgan fingerprint density at radius 2 is 1.72 bits per heavy atom. The fourth-order valence-corrected chi connectivity index (χ4v) is 4.09. The third kappa shape index (κ3) is 4.81. The molecule has 1 unspecified atom stereocenters. The Balaban J connectivity index is 0.00000117. The summed E-state index contributed by atoms with van der Waals surface area (Å²) in [4.78, 5) is 13.2. The van der Waals surface area contributed by atoms with Crippen LogP contribution in [-0.4, -0.2) is 22.9 Å². The molecule has 1 aliphatic carbocycles. The van der Waals surface area contributed by atoms with Gasteiger partial charge in [0.05, 0.1) is 11.8 Å². The minimum absolute atomic E-state index is 0.0115. The van der Waals surface area contributed by atoms with E-state index in [0.717, 1.165) is 37.0 Å². The summed E-state index contributed by atoms with van der Waals surface area (Å²) in [6.07, 6.45) is 7.31. The average Bonchev–Trinajstić information content (AvgIpc) is 3.21. The Bertz CT molecular complexity index is 863. The smallest absolute Gasteiger partial charge is 0.246 e. The topological polar surface area (TPSA) is 58.7 Å². The maximum atomic E-state index is 14.5. The molecule has 29 heavy (non-hydrogen) atoms. The first-order valence-corrected chi connectivity index (χ1v) is 11.0. The summed E-state index contributed by atoms with van der Waals surface area (Å²) in [7, 11) is 0. The normalized spacial score (nSPS) is 19.3. The van der Waals surface area contributed by atoms with Gasteiger partial charge < -0.3 is 5.73 Å². The molecule has 2 aromatic rings. The Morgan fingerprint density at radius 1 is 1.07 bits per heavy atom. The van der Waals surface area contributed by atoms with Crippen LogP contribution in [-0.2, 0) is 4.79 Å². The number of hydrazone groups is 1. The minimum atomic E-state index is -0.395. The predicted molar refractivity (Wildman–Crippen MR) is 119 cm³/mol. The van der Waals surface area contributed by atoms with Crippen LogP contribution in [0.2, 0.25) is 0 Å². The van der Waals surface area contributed by atoms with Crippen molar-refractivity contribution in [3.63, 3.8) is 0 Å². The number of carbonyl (C=O) groups is 1. The van der Waals surface area contributed by atoms with Crippen LogP contribution in [0.25, 0.3) is 0 Å². The predicted octanol–water partition coefficient (Wildman–Crippen LogP) is 5.21. The first-order valence-electron chi connectivity index (χ1n) is 10.1. The van der Waals surface area contributed by atoms with E-state index < -0.39 is 6.04 Å². The van der Waals surface area contributed by atoms with E-state index >= 15 is 0 Å². The quantitative estimate of drug-likeness (QED) is 0.536. The number of nitrogen functional groups attached to an aromatic ring is 1. The molecule has 0 saturated heterocycles. The lowest BCUT2D eigenvalue weighted by Gasteiger charge is -2.28. The second-order valence-corrected chi connectivity index (χ2v) is 7.43. The Labute approximate surface area is 177 Å². The van der Waals surface area contributed by atoms with E-state index in [1.807, 2.05) is 30.3 Å². The standard InChI is InChI=1S/C22H24FN3O.CH4S/c23-19-9-5-4-8-18(19)21-14-20(15-10-12-17(24)13-11-15)25-26(21)22(27)16-6-2-1-3-7-16;1-2/h4-5,8-13,16,21H,1-3,6-7,14,24H2;2H,1H3. The van der Waals surface area contributed by atoms with Crippen LogP contribution in [0, 0.1) is 11.7 Å². The van der Waals surface area contributed by atoms with Crippen molar-refractivity contribution < 1.29 is 9.18 Å². The number of nitrogens with two attached hydrogens (primary N) is 1. The highest BCUT2D eigenvalue weighted by Crippen LogP contribution is 2.37. The van der Waals surface area contributed by atoms with Gasteiger partial charge in [-0.1, -0.05) is 49.6 Å². The highest BCUT2D eigenvalue weighted by molar-refractivity contribution is 7.79. The SMILES string of the molecule is CS.Nc1ccc(C2=NN(C(=O)C3CCCCC3)C(c3ccccc3F)C2)cc1. The zero-order valence-electron chi connectivity index (χ0n) is 16.7. The van der Waals surface area contributed by atoms with Gasteiger partial charge in [0.1, 0.15) is 5.82 Å². The number of benzene rings is 2. The van der Waals surface area contributed by atoms with Gasteiger partial charge in [-0.2, -0.15) is 17.7 Å². The summed E-state index contributed by atoms with van der Waals surface area (Å²) >= 11 is 3.53. The van der Waals surface area contributed by atoms with Crippen molar-refractivity contribution in [2.24, 2.45) is 11.0 Å². The zero-order chi connectivity index (χ0) is 20.8. The molecule has 0 bridgehead atoms. The lowest BCUT2D eigenvalue weighted by molar-refractivity contribution is -0.138. The molecule has 4 nitrogen and oxygen atoms in total. The van der Waals surface area contributed by atoms with Gasteiger partial charge in [0.25, 0.3) is 0 Å². The lowest BCUT2D eigenvalue weighted by atomic mass is 9.88. The van der Waals surface area contributed by atoms with Gasteiger partial charge in [-0.05, 0) is 42.9 Å². The second-order valence-electron chi connectivity index (χ2n) is 7.43. The summed E-state index contributed by atoms with van der Waals surface area (Å²) in [5.41, 5.74) is 8.70. The number of halogens is 1. The van der Waals surface area contributed by atoms with Crippen molar-refractivity contribution in [2.75, 3.05) is 12.0 Å². The molecule has 0 radical (unpaired) electrons. The fourth-order valence-electron chi connectivity index (χ4n) is 4.09. The van der Waals surface area contributed by atoms with Crippen LogP contribution >= 0.6 is 12.6 Å². The molecule has 0 spiro atoms. The van der Waals surface area contributed by atoms with Gasteiger partial charge in [0, 0.05) is 23.6 Å². The van der Waals surface area contributed by atoms with Gasteiger partial charge >= 0.3 is 0 Å². The number of carbonyl (C=O) groups excluding carboxylic acids is 1. The van der Waals surface area contributed by atoms with E-state index in [1.165, 1.54) is 12.5 Å². The summed E-state index contributed by atoms with van der Waals surface area (Å²) in [5, 5.41) is 6.20. The van der Waals surface area contributed by atoms with Gasteiger partial charge in [-0.25, -0.2) is 9.40 Å². The van der Waals surface area contributed by atoms with Gasteiger partial charge in [0.15, 0.2) is 0 Å². The van der Waals surface area contributed by atoms with E-state index in [1.54, 1.807) is 23.4 Å². The van der Waals surface area contributed by atoms with Crippen molar-refractivity contribution in [1.82, 2.24) is 5.01 Å². The molecule has 1 atom stereocenters. The minimum Gasteiger partial charge on any atom is -0.399 e. The number of anilines is 1. The van der Waals surface area contributed by atoms with Crippen LogP contribution < -0.4 is 5.73 Å². The molecule has 1 saturated carbocycles. The van der Waals surface area contributed by atoms with Crippen LogP contribution in [0.4, 0.5) is 10.1 Å². The van der Waals surface area contributed by atoms with E-state index in [9.17, 15) is 9.18 Å². The van der Waals surface area contributed by atoms with Crippen molar-refractivity contribution in [1.29, 1.82) is 0 Å². The molecule has 4 rings (SSSR count). The molecular formula is C23H28FN3OS. The molecule has 1 fully saturated rings. The Hall–Kier alpha value is -2.34. The van der Waals surface area contributed by atoms with Crippen LogP contribution in [0.5, 0.6) is 0 Å². The Morgan fingerprint density at radius 3 is 2.38 bits per heavy atom. The molecule has 1 amide bonds. The van der Waals surface area contributed by atoms with Crippen LogP contribution in [0.1, 0.15) is 55.7 Å². The van der Waals surface area contributed by atoms with Gasteiger partial charge in [0.2, 0.25) is 5.91 Å². The lowest BCUT2D eigenvalue weighted by Crippen LogP contribution is -2.34. The summed E-state index contributed by atoms with van der Waals surface area (Å²) < 4.78 is 14.5. The first-order chi connectivity index (χ1) is 14.1. The monoisotopic (exact) mass is 413 g/mol. The van der Waals surface area contributed by atoms with Crippen molar-refractivity contribution in [3.05, 3.63) is 65.5 Å². The van der Waals surface area contributed by atoms with E-state index in [4.69, 9.17) is 5.73 Å². The van der Waals surface area contributed by atoms with Crippen LogP contribution in [0.15, 0.2) is 53.6 Å². The molecule has 6 heteroatoms. The van der Waals surface area contributed by atoms with Gasteiger partial charge in [-0.15, -0.1) is 0 Å². The number of thiol groups is 1. The molecule has 2 aromatic carbocycles. The molecule has 0 aromatic heterocycles. The molecule has 154 valence electrons. The van der Waals surface area contributed by atoms with Crippen molar-refractivity contribution in [2.45, 2.75) is 44.6 Å². The molecule has 2 aliphatic rings. The zero-order valence-corrected chi connectivity index (χ0v) is 17.6. The average molecular weight is 414 g/mol. The summed E-state index contributed by atoms with van der Waals surface area (Å²) in [5.74, 6) is -0.284. The molecule has 1 heterocycles. The third-order valence-electron chi connectivity index (χ3n) is 5.60. The Kier molecular flexibility index (Phi) is 7.31. The second kappa shape index (κ2) is 9.92. The highest BCUT2D eigenvalue weighted by atomic mass is 32.1. The van der Waals surface area contributed by atoms with E-state index in [-0.39, 0.29) is 17.6 Å². The summed E-state index contributed by atoms with van der Waals surface area (Å²) in [6, 6.07) is 13.7. The summed E-state index contributed by atoms with van der Waals surface area (Å²) in [6.45, 7) is 0. The largest absolute Gasteiger partial charge is 0.399 e. The van der Waals surface area contributed by atoms with Crippen molar-refractivity contribution >= 4 is 29.9 Å². The number of rotatable bonds is 3. The number of hydrogen-bond acceptors (Lipinski definition) is 4. The van der Waals surface area contributed by atoms with E-state index in [2.05, 4.69) is 17.7 Å². The first kappa shape index (κ1) is 21.4.